The lowest BCUT2D eigenvalue weighted by atomic mass is 10.1. The molecule has 1 amide bonds. The normalized spacial score (nSPS) is 10.6. The van der Waals surface area contributed by atoms with Gasteiger partial charge in [0, 0.05) is 17.5 Å². The van der Waals surface area contributed by atoms with Crippen molar-refractivity contribution in [3.63, 3.8) is 0 Å². The molecule has 0 aliphatic heterocycles. The Morgan fingerprint density at radius 3 is 2.32 bits per heavy atom. The Kier molecular flexibility index (Phi) is 8.27. The maximum atomic E-state index is 12.6. The molecule has 0 saturated heterocycles. The number of hydrogen-bond acceptors (Lipinski definition) is 6. The zero-order valence-corrected chi connectivity index (χ0v) is 19.7. The van der Waals surface area contributed by atoms with Crippen LogP contribution in [0.25, 0.3) is 0 Å². The van der Waals surface area contributed by atoms with E-state index in [0.717, 1.165) is 22.4 Å². The number of ether oxygens (including phenoxy) is 3. The quantitative estimate of drug-likeness (QED) is 0.316. The van der Waals surface area contributed by atoms with E-state index in [0.29, 0.717) is 43.4 Å². The molecular weight excluding hydrogens is 448 g/mol. The Hall–Kier alpha value is -3.68. The van der Waals surface area contributed by atoms with Gasteiger partial charge in [-0.3, -0.25) is 4.79 Å². The molecule has 7 heteroatoms. The van der Waals surface area contributed by atoms with Gasteiger partial charge in [0.15, 0.2) is 11.5 Å². The molecule has 3 aromatic carbocycles. The highest BCUT2D eigenvalue weighted by atomic mass is 32.1. The van der Waals surface area contributed by atoms with E-state index in [4.69, 9.17) is 14.2 Å². The van der Waals surface area contributed by atoms with Crippen LogP contribution in [-0.2, 0) is 31.1 Å². The summed E-state index contributed by atoms with van der Waals surface area (Å²) in [6.07, 6.45) is 0. The zero-order valence-electron chi connectivity index (χ0n) is 18.9. The largest absolute Gasteiger partial charge is 0.493 e. The maximum absolute atomic E-state index is 12.6. The molecule has 0 unspecified atom stereocenters. The summed E-state index contributed by atoms with van der Waals surface area (Å²) in [5, 5.41) is 4.88. The van der Waals surface area contributed by atoms with Crippen LogP contribution in [0.3, 0.4) is 0 Å². The Morgan fingerprint density at radius 2 is 1.62 bits per heavy atom. The van der Waals surface area contributed by atoms with Crippen molar-refractivity contribution in [1.82, 2.24) is 10.3 Å². The van der Waals surface area contributed by atoms with Crippen molar-refractivity contribution >= 4 is 17.2 Å². The fourth-order valence-corrected chi connectivity index (χ4v) is 3.83. The van der Waals surface area contributed by atoms with Gasteiger partial charge in [-0.05, 0) is 34.9 Å². The van der Waals surface area contributed by atoms with Crippen molar-refractivity contribution in [2.75, 3.05) is 7.11 Å². The number of benzene rings is 3. The Bertz CT molecular complexity index is 1180. The summed E-state index contributed by atoms with van der Waals surface area (Å²) in [4.78, 5) is 16.8. The van der Waals surface area contributed by atoms with Crippen LogP contribution in [0.2, 0.25) is 0 Å². The average Bonchev–Trinajstić information content (AvgIpc) is 3.41. The molecule has 174 valence electrons. The van der Waals surface area contributed by atoms with Gasteiger partial charge < -0.3 is 19.5 Å². The first-order chi connectivity index (χ1) is 16.7. The maximum Gasteiger partial charge on any atom is 0.251 e. The number of hydrogen-bond donors (Lipinski definition) is 1. The van der Waals surface area contributed by atoms with Gasteiger partial charge in [-0.1, -0.05) is 54.6 Å². The van der Waals surface area contributed by atoms with Crippen LogP contribution in [0.4, 0.5) is 0 Å². The predicted octanol–water partition coefficient (Wildman–Crippen LogP) is 5.38. The van der Waals surface area contributed by atoms with Gasteiger partial charge in [-0.25, -0.2) is 4.98 Å². The van der Waals surface area contributed by atoms with Crippen LogP contribution in [0.5, 0.6) is 11.5 Å². The number of thiazole rings is 1. The first kappa shape index (κ1) is 23.5. The van der Waals surface area contributed by atoms with Gasteiger partial charge in [0.1, 0.15) is 6.61 Å². The Morgan fingerprint density at radius 1 is 0.882 bits per heavy atom. The number of carbonyl (C=O) groups is 1. The van der Waals surface area contributed by atoms with E-state index in [1.165, 1.54) is 11.3 Å². The molecule has 0 fully saturated rings. The second-order valence-electron chi connectivity index (χ2n) is 7.61. The van der Waals surface area contributed by atoms with Gasteiger partial charge in [-0.15, -0.1) is 11.3 Å². The summed E-state index contributed by atoms with van der Waals surface area (Å²) < 4.78 is 17.0. The second kappa shape index (κ2) is 12.0. The molecule has 1 N–H and O–H groups in total. The molecule has 0 radical (unpaired) electrons. The van der Waals surface area contributed by atoms with Crippen LogP contribution < -0.4 is 14.8 Å². The molecule has 6 nitrogen and oxygen atoms in total. The molecule has 0 bridgehead atoms. The topological polar surface area (TPSA) is 69.7 Å². The van der Waals surface area contributed by atoms with Crippen molar-refractivity contribution in [3.05, 3.63) is 112 Å². The van der Waals surface area contributed by atoms with Crippen molar-refractivity contribution in [3.8, 4) is 11.5 Å². The number of nitrogens with zero attached hydrogens (tertiary/aromatic N) is 1. The lowest BCUT2D eigenvalue weighted by Crippen LogP contribution is -2.22. The van der Waals surface area contributed by atoms with Gasteiger partial charge in [0.25, 0.3) is 5.91 Å². The SMILES string of the molecule is COc1cc(C(=O)NCc2ccc(COCc3ccccc3)cc2)ccc1OCc1cscn1. The van der Waals surface area contributed by atoms with Gasteiger partial charge in [-0.2, -0.15) is 0 Å². The van der Waals surface area contributed by atoms with Crippen LogP contribution in [0.15, 0.2) is 83.7 Å². The summed E-state index contributed by atoms with van der Waals surface area (Å²) in [6, 6.07) is 23.3. The molecule has 0 atom stereocenters. The molecule has 0 saturated carbocycles. The fraction of sp³-hybridized carbons (Fsp3) is 0.185. The highest BCUT2D eigenvalue weighted by Gasteiger charge is 2.12. The monoisotopic (exact) mass is 474 g/mol. The third-order valence-corrected chi connectivity index (χ3v) is 5.78. The van der Waals surface area contributed by atoms with Crippen LogP contribution in [0.1, 0.15) is 32.7 Å². The minimum atomic E-state index is -0.181. The Balaban J connectivity index is 1.26. The minimum Gasteiger partial charge on any atom is -0.493 e. The number of amides is 1. The first-order valence-electron chi connectivity index (χ1n) is 10.9. The highest BCUT2D eigenvalue weighted by molar-refractivity contribution is 7.07. The first-order valence-corrected chi connectivity index (χ1v) is 11.8. The molecule has 34 heavy (non-hydrogen) atoms. The van der Waals surface area contributed by atoms with E-state index in [2.05, 4.69) is 10.3 Å². The average molecular weight is 475 g/mol. The molecular formula is C27H26N2O4S. The lowest BCUT2D eigenvalue weighted by molar-refractivity contribution is 0.0950. The second-order valence-corrected chi connectivity index (χ2v) is 8.33. The summed E-state index contributed by atoms with van der Waals surface area (Å²) in [5.74, 6) is 0.888. The highest BCUT2D eigenvalue weighted by Crippen LogP contribution is 2.29. The Labute approximate surface area is 203 Å². The van der Waals surface area contributed by atoms with Crippen LogP contribution in [0, 0.1) is 0 Å². The molecule has 0 aliphatic carbocycles. The van der Waals surface area contributed by atoms with E-state index in [9.17, 15) is 4.79 Å². The van der Waals surface area contributed by atoms with Crippen LogP contribution in [-0.4, -0.2) is 18.0 Å². The summed E-state index contributed by atoms with van der Waals surface area (Å²) in [6.45, 7) is 1.89. The van der Waals surface area contributed by atoms with Crippen molar-refractivity contribution in [2.45, 2.75) is 26.4 Å². The summed E-state index contributed by atoms with van der Waals surface area (Å²) in [5.41, 5.74) is 6.36. The zero-order chi connectivity index (χ0) is 23.6. The molecule has 0 aliphatic rings. The van der Waals surface area contributed by atoms with Crippen molar-refractivity contribution < 1.29 is 19.0 Å². The number of methoxy groups -OCH3 is 1. The van der Waals surface area contributed by atoms with E-state index in [1.807, 2.05) is 60.0 Å². The lowest BCUT2D eigenvalue weighted by Gasteiger charge is -2.12. The molecule has 4 aromatic rings. The summed E-state index contributed by atoms with van der Waals surface area (Å²) in [7, 11) is 1.55. The third kappa shape index (κ3) is 6.66. The minimum absolute atomic E-state index is 0.181. The fourth-order valence-electron chi connectivity index (χ4n) is 3.29. The van der Waals surface area contributed by atoms with E-state index in [1.54, 1.807) is 30.8 Å². The van der Waals surface area contributed by atoms with Gasteiger partial charge >= 0.3 is 0 Å². The molecule has 0 spiro atoms. The summed E-state index contributed by atoms with van der Waals surface area (Å²) >= 11 is 1.52. The van der Waals surface area contributed by atoms with E-state index < -0.39 is 0 Å². The predicted molar refractivity (Wildman–Crippen MR) is 132 cm³/mol. The number of rotatable bonds is 11. The molecule has 1 aromatic heterocycles. The van der Waals surface area contributed by atoms with Gasteiger partial charge in [0.05, 0.1) is 31.5 Å². The van der Waals surface area contributed by atoms with E-state index in [-0.39, 0.29) is 5.91 Å². The number of aromatic nitrogens is 1. The standard InChI is InChI=1S/C27H26N2O4S/c1-31-26-13-23(11-12-25(26)33-17-24-18-34-19-29-24)27(30)28-14-20-7-9-22(10-8-20)16-32-15-21-5-3-2-4-6-21/h2-13,18-19H,14-17H2,1H3,(H,28,30). The van der Waals surface area contributed by atoms with E-state index >= 15 is 0 Å². The van der Waals surface area contributed by atoms with Crippen molar-refractivity contribution in [2.24, 2.45) is 0 Å². The third-order valence-electron chi connectivity index (χ3n) is 5.14. The van der Waals surface area contributed by atoms with Crippen molar-refractivity contribution in [1.29, 1.82) is 0 Å². The number of nitrogens with one attached hydrogen (secondary N) is 1. The molecule has 1 heterocycles. The van der Waals surface area contributed by atoms with Gasteiger partial charge in [0.2, 0.25) is 0 Å². The number of carbonyl (C=O) groups excluding carboxylic acids is 1. The smallest absolute Gasteiger partial charge is 0.251 e. The molecule has 4 rings (SSSR count). The van der Waals surface area contributed by atoms with Crippen LogP contribution >= 0.6 is 11.3 Å².